The van der Waals surface area contributed by atoms with Gasteiger partial charge in [0.25, 0.3) is 0 Å². The van der Waals surface area contributed by atoms with E-state index in [4.69, 9.17) is 10.5 Å². The lowest BCUT2D eigenvalue weighted by Gasteiger charge is -1.97. The molecule has 0 aromatic carbocycles. The van der Waals surface area contributed by atoms with Gasteiger partial charge in [0.15, 0.2) is 6.29 Å². The average molecular weight is 248 g/mol. The number of hydrogen-bond donors (Lipinski definition) is 0. The second kappa shape index (κ2) is 5.60. The van der Waals surface area contributed by atoms with Crippen LogP contribution in [-0.2, 0) is 4.79 Å². The maximum absolute atomic E-state index is 10.9. The molecule has 0 radical (unpaired) electrons. The van der Waals surface area contributed by atoms with E-state index >= 15 is 0 Å². The molecule has 1 heterocycles. The molecule has 16 heavy (non-hydrogen) atoms. The summed E-state index contributed by atoms with van der Waals surface area (Å²) in [6, 6.07) is 3.47. The van der Waals surface area contributed by atoms with Gasteiger partial charge in [0.1, 0.15) is 17.7 Å². The molecule has 0 spiro atoms. The molecule has 1 aliphatic rings. The maximum Gasteiger partial charge on any atom is 0.151 e. The lowest BCUT2D eigenvalue weighted by molar-refractivity contribution is -0.104. The molecule has 80 valence electrons. The summed E-state index contributed by atoms with van der Waals surface area (Å²) in [5, 5.41) is 17.2. The number of rotatable bonds is 2. The molecule has 5 heteroatoms. The maximum atomic E-state index is 10.9. The number of carbonyl (C=O) groups excluding carboxylic acids is 1. The molecule has 0 atom stereocenters. The van der Waals surface area contributed by atoms with Crippen molar-refractivity contribution in [1.82, 2.24) is 0 Å². The van der Waals surface area contributed by atoms with E-state index in [9.17, 15) is 4.79 Å². The molecule has 3 nitrogen and oxygen atoms in total. The first-order valence-corrected chi connectivity index (χ1v) is 6.00. The predicted molar refractivity (Wildman–Crippen MR) is 66.0 cm³/mol. The summed E-state index contributed by atoms with van der Waals surface area (Å²) in [6.45, 7) is 3.95. The predicted octanol–water partition coefficient (Wildman–Crippen LogP) is 3.10. The minimum Gasteiger partial charge on any atom is -0.298 e. The molecule has 0 unspecified atom stereocenters. The van der Waals surface area contributed by atoms with Crippen molar-refractivity contribution in [2.45, 2.75) is 13.8 Å². The number of thioether (sulfide) groups is 2. The molecule has 1 aliphatic heterocycles. The average Bonchev–Trinajstić information content (AvgIpc) is 2.61. The van der Waals surface area contributed by atoms with Crippen molar-refractivity contribution < 1.29 is 4.79 Å². The van der Waals surface area contributed by atoms with Gasteiger partial charge in [0.2, 0.25) is 0 Å². The lowest BCUT2D eigenvalue weighted by atomic mass is 10.2. The van der Waals surface area contributed by atoms with E-state index in [2.05, 4.69) is 0 Å². The minimum atomic E-state index is -0.0574. The summed E-state index contributed by atoms with van der Waals surface area (Å²) in [5.41, 5.74) is 0.335. The van der Waals surface area contributed by atoms with Crippen LogP contribution >= 0.6 is 23.5 Å². The smallest absolute Gasteiger partial charge is 0.151 e. The second-order valence-corrected chi connectivity index (χ2v) is 5.67. The molecule has 1 rings (SSSR count). The Morgan fingerprint density at radius 3 is 2.06 bits per heavy atom. The molecule has 0 fully saturated rings. The lowest BCUT2D eigenvalue weighted by Crippen LogP contribution is -1.84. The Kier molecular flexibility index (Phi) is 4.42. The van der Waals surface area contributed by atoms with Crippen LogP contribution in [0.25, 0.3) is 0 Å². The summed E-state index contributed by atoms with van der Waals surface area (Å²) in [5.74, 6) is 0. The van der Waals surface area contributed by atoms with Crippen molar-refractivity contribution in [2.24, 2.45) is 0 Å². The van der Waals surface area contributed by atoms with Crippen molar-refractivity contribution in [3.63, 3.8) is 0 Å². The fourth-order valence-electron chi connectivity index (χ4n) is 0.947. The van der Waals surface area contributed by atoms with Gasteiger partial charge < -0.3 is 0 Å². The highest BCUT2D eigenvalue weighted by molar-refractivity contribution is 8.28. The highest BCUT2D eigenvalue weighted by Crippen LogP contribution is 2.49. The van der Waals surface area contributed by atoms with Gasteiger partial charge in [-0.3, -0.25) is 4.79 Å². The van der Waals surface area contributed by atoms with Crippen LogP contribution in [-0.4, -0.2) is 6.29 Å². The SMILES string of the molecule is CC1=C(C)SC(=C(C=O)C=C(C#N)C#N)S1. The van der Waals surface area contributed by atoms with Crippen molar-refractivity contribution in [2.75, 3.05) is 0 Å². The highest BCUT2D eigenvalue weighted by Gasteiger charge is 2.17. The fourth-order valence-corrected chi connectivity index (χ4v) is 3.41. The zero-order valence-electron chi connectivity index (χ0n) is 8.77. The van der Waals surface area contributed by atoms with Gasteiger partial charge in [0, 0.05) is 5.57 Å². The summed E-state index contributed by atoms with van der Waals surface area (Å²) < 4.78 is 0.827. The van der Waals surface area contributed by atoms with Gasteiger partial charge in [-0.1, -0.05) is 23.5 Å². The standard InChI is InChI=1S/C11H8N2OS2/c1-7-8(2)16-11(15-7)10(6-14)3-9(4-12)5-13/h3,6H,1-2H3. The Morgan fingerprint density at radius 1 is 1.19 bits per heavy atom. The third-order valence-electron chi connectivity index (χ3n) is 1.89. The van der Waals surface area contributed by atoms with E-state index in [0.717, 1.165) is 14.0 Å². The van der Waals surface area contributed by atoms with Crippen molar-refractivity contribution in [3.05, 3.63) is 31.3 Å². The first-order valence-electron chi connectivity index (χ1n) is 4.37. The van der Waals surface area contributed by atoms with E-state index in [1.54, 1.807) is 12.1 Å². The number of nitriles is 2. The summed E-state index contributed by atoms with van der Waals surface area (Å²) in [7, 11) is 0. The molecule has 0 saturated heterocycles. The van der Waals surface area contributed by atoms with Gasteiger partial charge in [-0.25, -0.2) is 0 Å². The van der Waals surface area contributed by atoms with Gasteiger partial charge in [-0.2, -0.15) is 10.5 Å². The first kappa shape index (κ1) is 12.6. The molecule has 0 aromatic heterocycles. The Labute approximate surface area is 103 Å². The minimum absolute atomic E-state index is 0.0574. The largest absolute Gasteiger partial charge is 0.298 e. The van der Waals surface area contributed by atoms with Crippen LogP contribution in [0, 0.1) is 22.7 Å². The van der Waals surface area contributed by atoms with E-state index in [1.165, 1.54) is 29.6 Å². The molecule has 0 amide bonds. The number of carbonyl (C=O) groups is 1. The second-order valence-electron chi connectivity index (χ2n) is 2.96. The topological polar surface area (TPSA) is 64.7 Å². The van der Waals surface area contributed by atoms with Crippen LogP contribution < -0.4 is 0 Å². The Bertz CT molecular complexity index is 469. The van der Waals surface area contributed by atoms with Crippen molar-refractivity contribution >= 4 is 29.8 Å². The Balaban J connectivity index is 3.08. The van der Waals surface area contributed by atoms with E-state index in [1.807, 2.05) is 13.8 Å². The quantitative estimate of drug-likeness (QED) is 0.427. The molecule has 0 bridgehead atoms. The van der Waals surface area contributed by atoms with Crippen LogP contribution in [0.1, 0.15) is 13.8 Å². The third kappa shape index (κ3) is 2.79. The van der Waals surface area contributed by atoms with Gasteiger partial charge in [0.05, 0.1) is 4.24 Å². The van der Waals surface area contributed by atoms with Crippen molar-refractivity contribution in [3.8, 4) is 12.1 Å². The number of nitrogens with zero attached hydrogens (tertiary/aromatic N) is 2. The Hall–Kier alpha value is -1.43. The monoisotopic (exact) mass is 248 g/mol. The fraction of sp³-hybridized carbons (Fsp3) is 0.182. The number of aldehydes is 1. The molecular formula is C11H8N2OS2. The van der Waals surface area contributed by atoms with E-state index < -0.39 is 0 Å². The van der Waals surface area contributed by atoms with Crippen LogP contribution in [0.3, 0.4) is 0 Å². The van der Waals surface area contributed by atoms with Gasteiger partial charge in [-0.15, -0.1) is 0 Å². The number of hydrogen-bond acceptors (Lipinski definition) is 5. The first-order chi connectivity index (χ1) is 7.62. The van der Waals surface area contributed by atoms with Crippen molar-refractivity contribution in [1.29, 1.82) is 10.5 Å². The number of allylic oxidation sites excluding steroid dienone is 5. The summed E-state index contributed by atoms with van der Waals surface area (Å²) >= 11 is 2.99. The van der Waals surface area contributed by atoms with Gasteiger partial charge >= 0.3 is 0 Å². The molecule has 0 N–H and O–H groups in total. The zero-order valence-corrected chi connectivity index (χ0v) is 10.4. The molecule has 0 aromatic rings. The van der Waals surface area contributed by atoms with Crippen LogP contribution in [0.5, 0.6) is 0 Å². The Morgan fingerprint density at radius 2 is 1.69 bits per heavy atom. The van der Waals surface area contributed by atoms with E-state index in [-0.39, 0.29) is 5.57 Å². The normalized spacial score (nSPS) is 14.1. The van der Waals surface area contributed by atoms with Gasteiger partial charge in [-0.05, 0) is 29.7 Å². The van der Waals surface area contributed by atoms with Crippen LogP contribution in [0.4, 0.5) is 0 Å². The molecule has 0 aliphatic carbocycles. The van der Waals surface area contributed by atoms with Crippen LogP contribution in [0.2, 0.25) is 0 Å². The van der Waals surface area contributed by atoms with E-state index in [0.29, 0.717) is 11.9 Å². The molecular weight excluding hydrogens is 240 g/mol. The highest BCUT2D eigenvalue weighted by atomic mass is 32.2. The third-order valence-corrected chi connectivity index (χ3v) is 4.59. The van der Waals surface area contributed by atoms with Crippen LogP contribution in [0.15, 0.2) is 31.3 Å². The zero-order chi connectivity index (χ0) is 12.1. The summed E-state index contributed by atoms with van der Waals surface area (Å²) in [6.07, 6.45) is 2.00. The molecule has 0 saturated carbocycles. The summed E-state index contributed by atoms with van der Waals surface area (Å²) in [4.78, 5) is 13.2.